The quantitative estimate of drug-likeness (QED) is 0.693. The Kier molecular flexibility index (Phi) is 3.80. The molecule has 0 radical (unpaired) electrons. The minimum atomic E-state index is -0.135. The Hall–Kier alpha value is -2.41. The van der Waals surface area contributed by atoms with Crippen molar-refractivity contribution in [3.8, 4) is 5.82 Å². The number of nitrogens with zero attached hydrogens (tertiary/aromatic N) is 5. The zero-order valence-electron chi connectivity index (χ0n) is 15.8. The zero-order chi connectivity index (χ0) is 18.6. The number of hydrogen-bond acceptors (Lipinski definition) is 4. The first-order chi connectivity index (χ1) is 12.3. The van der Waals surface area contributed by atoms with E-state index in [-0.39, 0.29) is 11.4 Å². The van der Waals surface area contributed by atoms with Gasteiger partial charge in [-0.1, -0.05) is 0 Å². The van der Waals surface area contributed by atoms with E-state index in [0.29, 0.717) is 13.1 Å². The van der Waals surface area contributed by atoms with Crippen molar-refractivity contribution in [1.82, 2.24) is 24.2 Å². The Morgan fingerprint density at radius 1 is 1.15 bits per heavy atom. The summed E-state index contributed by atoms with van der Waals surface area (Å²) in [5.74, 6) is 1.09. The molecule has 0 saturated carbocycles. The van der Waals surface area contributed by atoms with Gasteiger partial charge in [0.25, 0.3) is 5.91 Å². The third kappa shape index (κ3) is 2.67. The number of carbonyl (C=O) groups is 1. The molecule has 4 heterocycles. The van der Waals surface area contributed by atoms with E-state index in [1.54, 1.807) is 0 Å². The third-order valence-electron chi connectivity index (χ3n) is 4.60. The molecule has 0 aromatic carbocycles. The fourth-order valence-electron chi connectivity index (χ4n) is 3.43. The van der Waals surface area contributed by atoms with Crippen LogP contribution in [0.15, 0.2) is 24.5 Å². The second-order valence-corrected chi connectivity index (χ2v) is 8.93. The summed E-state index contributed by atoms with van der Waals surface area (Å²) in [6, 6.07) is 4.02. The number of rotatable bonds is 2. The summed E-state index contributed by atoms with van der Waals surface area (Å²) in [7, 11) is 0. The SMILES string of the molecule is Cc1nc(C)c(C(=O)N2Cc3nn(C(C)(C)C)c(-n4cccc4)c3C2)s1. The van der Waals surface area contributed by atoms with Gasteiger partial charge < -0.3 is 9.47 Å². The van der Waals surface area contributed by atoms with Gasteiger partial charge in [-0.05, 0) is 46.8 Å². The van der Waals surface area contributed by atoms with Crippen molar-refractivity contribution in [2.45, 2.75) is 53.2 Å². The summed E-state index contributed by atoms with van der Waals surface area (Å²) in [6.45, 7) is 11.4. The average Bonchev–Trinajstić information content (AvgIpc) is 3.27. The molecule has 1 aliphatic rings. The van der Waals surface area contributed by atoms with E-state index in [1.807, 2.05) is 43.3 Å². The van der Waals surface area contributed by atoms with Gasteiger partial charge in [0.2, 0.25) is 0 Å². The Bertz CT molecular complexity index is 975. The van der Waals surface area contributed by atoms with Crippen LogP contribution in [0, 0.1) is 13.8 Å². The van der Waals surface area contributed by atoms with E-state index >= 15 is 0 Å². The van der Waals surface area contributed by atoms with Crippen molar-refractivity contribution >= 4 is 17.2 Å². The number of aryl methyl sites for hydroxylation is 2. The van der Waals surface area contributed by atoms with Crippen molar-refractivity contribution < 1.29 is 4.79 Å². The number of amides is 1. The first-order valence-electron chi connectivity index (χ1n) is 8.73. The molecule has 0 aliphatic carbocycles. The molecule has 3 aromatic rings. The Morgan fingerprint density at radius 3 is 2.42 bits per heavy atom. The standard InChI is InChI=1S/C19H23N5OS/c1-12-16(26-13(2)20-12)18(25)23-10-14-15(11-23)21-24(19(3,4)5)17(14)22-8-6-7-9-22/h6-9H,10-11H2,1-5H3. The van der Waals surface area contributed by atoms with Gasteiger partial charge >= 0.3 is 0 Å². The maximum atomic E-state index is 13.0. The lowest BCUT2D eigenvalue weighted by molar-refractivity contribution is 0.0752. The monoisotopic (exact) mass is 369 g/mol. The molecular formula is C19H23N5OS. The van der Waals surface area contributed by atoms with Crippen molar-refractivity contribution in [3.05, 3.63) is 51.4 Å². The molecule has 1 amide bonds. The summed E-state index contributed by atoms with van der Waals surface area (Å²) < 4.78 is 4.16. The van der Waals surface area contributed by atoms with Crippen molar-refractivity contribution in [2.75, 3.05) is 0 Å². The van der Waals surface area contributed by atoms with Gasteiger partial charge in [-0.3, -0.25) is 4.79 Å². The van der Waals surface area contributed by atoms with Gasteiger partial charge in [0.05, 0.1) is 35.0 Å². The molecule has 0 bridgehead atoms. The molecule has 0 unspecified atom stereocenters. The predicted molar refractivity (Wildman–Crippen MR) is 102 cm³/mol. The van der Waals surface area contributed by atoms with Gasteiger partial charge in [-0.15, -0.1) is 11.3 Å². The average molecular weight is 369 g/mol. The lowest BCUT2D eigenvalue weighted by Crippen LogP contribution is -2.29. The molecule has 0 N–H and O–H groups in total. The summed E-state index contributed by atoms with van der Waals surface area (Å²) in [5.41, 5.74) is 2.79. The second kappa shape index (κ2) is 5.81. The van der Waals surface area contributed by atoms with E-state index in [9.17, 15) is 4.79 Å². The molecule has 4 rings (SSSR count). The molecule has 0 atom stereocenters. The third-order valence-corrected chi connectivity index (χ3v) is 5.66. The molecule has 0 saturated heterocycles. The molecule has 0 fully saturated rings. The van der Waals surface area contributed by atoms with Crippen LogP contribution in [0.1, 0.15) is 52.4 Å². The van der Waals surface area contributed by atoms with Crippen LogP contribution >= 0.6 is 11.3 Å². The summed E-state index contributed by atoms with van der Waals surface area (Å²) in [4.78, 5) is 20.0. The minimum Gasteiger partial charge on any atom is -0.327 e. The first-order valence-corrected chi connectivity index (χ1v) is 9.55. The molecule has 6 nitrogen and oxygen atoms in total. The van der Waals surface area contributed by atoms with Gasteiger partial charge in [0.15, 0.2) is 0 Å². The van der Waals surface area contributed by atoms with E-state index in [2.05, 4.69) is 35.0 Å². The van der Waals surface area contributed by atoms with E-state index in [4.69, 9.17) is 5.10 Å². The van der Waals surface area contributed by atoms with Crippen LogP contribution in [0.5, 0.6) is 0 Å². The molecule has 3 aromatic heterocycles. The minimum absolute atomic E-state index is 0.0480. The largest absolute Gasteiger partial charge is 0.327 e. The van der Waals surface area contributed by atoms with Crippen LogP contribution in [0.3, 0.4) is 0 Å². The van der Waals surface area contributed by atoms with Crippen LogP contribution in [-0.4, -0.2) is 30.1 Å². The van der Waals surface area contributed by atoms with Crippen LogP contribution < -0.4 is 0 Å². The summed E-state index contributed by atoms with van der Waals surface area (Å²) in [5, 5.41) is 5.79. The molecule has 0 spiro atoms. The maximum absolute atomic E-state index is 13.0. The molecule has 136 valence electrons. The van der Waals surface area contributed by atoms with Gasteiger partial charge in [0, 0.05) is 18.0 Å². The second-order valence-electron chi connectivity index (χ2n) is 7.73. The highest BCUT2D eigenvalue weighted by molar-refractivity contribution is 7.13. The van der Waals surface area contributed by atoms with Crippen molar-refractivity contribution in [1.29, 1.82) is 0 Å². The van der Waals surface area contributed by atoms with Crippen LogP contribution in [-0.2, 0) is 18.6 Å². The van der Waals surface area contributed by atoms with E-state index < -0.39 is 0 Å². The molecule has 26 heavy (non-hydrogen) atoms. The molecule has 1 aliphatic heterocycles. The highest BCUT2D eigenvalue weighted by Gasteiger charge is 2.34. The Morgan fingerprint density at radius 2 is 1.85 bits per heavy atom. The Labute approximate surface area is 157 Å². The summed E-state index contributed by atoms with van der Waals surface area (Å²) >= 11 is 1.47. The summed E-state index contributed by atoms with van der Waals surface area (Å²) in [6.07, 6.45) is 4.06. The zero-order valence-corrected chi connectivity index (χ0v) is 16.6. The van der Waals surface area contributed by atoms with Gasteiger partial charge in [-0.25, -0.2) is 9.67 Å². The number of fused-ring (bicyclic) bond motifs is 1. The lowest BCUT2D eigenvalue weighted by atomic mass is 10.1. The van der Waals surface area contributed by atoms with Gasteiger partial charge in [0.1, 0.15) is 10.7 Å². The first kappa shape index (κ1) is 17.0. The van der Waals surface area contributed by atoms with Crippen LogP contribution in [0.4, 0.5) is 0 Å². The fraction of sp³-hybridized carbons (Fsp3) is 0.421. The van der Waals surface area contributed by atoms with E-state index in [1.165, 1.54) is 11.3 Å². The molecular weight excluding hydrogens is 346 g/mol. The number of aromatic nitrogens is 4. The smallest absolute Gasteiger partial charge is 0.266 e. The maximum Gasteiger partial charge on any atom is 0.266 e. The molecule has 7 heteroatoms. The topological polar surface area (TPSA) is 56.0 Å². The highest BCUT2D eigenvalue weighted by atomic mass is 32.1. The van der Waals surface area contributed by atoms with E-state index in [0.717, 1.165) is 32.7 Å². The Balaban J connectivity index is 1.72. The van der Waals surface area contributed by atoms with Crippen LogP contribution in [0.25, 0.3) is 5.82 Å². The van der Waals surface area contributed by atoms with Crippen molar-refractivity contribution in [3.63, 3.8) is 0 Å². The van der Waals surface area contributed by atoms with Gasteiger partial charge in [-0.2, -0.15) is 5.10 Å². The van der Waals surface area contributed by atoms with Crippen LogP contribution in [0.2, 0.25) is 0 Å². The fourth-order valence-corrected chi connectivity index (χ4v) is 4.32. The number of hydrogen-bond donors (Lipinski definition) is 0. The normalized spacial score (nSPS) is 14.1. The van der Waals surface area contributed by atoms with Crippen molar-refractivity contribution in [2.24, 2.45) is 0 Å². The number of carbonyl (C=O) groups excluding carboxylic acids is 1. The highest BCUT2D eigenvalue weighted by Crippen LogP contribution is 2.33. The number of thiazole rings is 1. The predicted octanol–water partition coefficient (Wildman–Crippen LogP) is 3.66. The lowest BCUT2D eigenvalue weighted by Gasteiger charge is -2.24.